The molecular weight excluding hydrogens is 434 g/mol. The molecule has 2 heterocycles. The molecule has 0 radical (unpaired) electrons. The van der Waals surface area contributed by atoms with Gasteiger partial charge in [0.05, 0.1) is 18.4 Å². The molecule has 1 aliphatic heterocycles. The molecule has 2 bridgehead atoms. The molecule has 3 atom stereocenters. The monoisotopic (exact) mass is 475 g/mol. The Kier molecular flexibility index (Phi) is 5.16. The highest BCUT2D eigenvalue weighted by Crippen LogP contribution is 2.58. The van der Waals surface area contributed by atoms with Gasteiger partial charge in [0.25, 0.3) is 0 Å². The van der Waals surface area contributed by atoms with Crippen LogP contribution in [0.15, 0.2) is 18.2 Å². The molecule has 1 aromatic carbocycles. The van der Waals surface area contributed by atoms with Gasteiger partial charge in [-0.15, -0.1) is 0 Å². The summed E-state index contributed by atoms with van der Waals surface area (Å²) in [5.74, 6) is 2.50. The van der Waals surface area contributed by atoms with E-state index in [4.69, 9.17) is 9.84 Å². The van der Waals surface area contributed by atoms with Crippen molar-refractivity contribution in [2.45, 2.75) is 101 Å². The van der Waals surface area contributed by atoms with Crippen molar-refractivity contribution in [2.75, 3.05) is 20.2 Å². The normalized spacial score (nSPS) is 32.6. The Balaban J connectivity index is 1.31. The summed E-state index contributed by atoms with van der Waals surface area (Å²) in [6.45, 7) is 5.54. The molecule has 0 spiro atoms. The zero-order valence-corrected chi connectivity index (χ0v) is 21.6. The third-order valence-corrected chi connectivity index (χ3v) is 10.6. The van der Waals surface area contributed by atoms with Crippen LogP contribution < -0.4 is 4.74 Å². The Labute approximate surface area is 209 Å². The van der Waals surface area contributed by atoms with E-state index in [2.05, 4.69) is 34.7 Å². The molecule has 5 aliphatic rings. The molecule has 2 saturated carbocycles. The summed E-state index contributed by atoms with van der Waals surface area (Å²) in [6, 6.07) is 6.81. The van der Waals surface area contributed by atoms with Crippen LogP contribution in [0.5, 0.6) is 5.75 Å². The summed E-state index contributed by atoms with van der Waals surface area (Å²) in [5, 5.41) is 18.1. The lowest BCUT2D eigenvalue weighted by molar-refractivity contribution is -0.152. The van der Waals surface area contributed by atoms with E-state index in [1.54, 1.807) is 7.11 Å². The zero-order chi connectivity index (χ0) is 23.8. The van der Waals surface area contributed by atoms with Crippen molar-refractivity contribution in [2.24, 2.45) is 11.8 Å². The highest BCUT2D eigenvalue weighted by atomic mass is 16.5. The number of rotatable bonds is 5. The standard InChI is InChI=1S/C30H41N3O2/c1-20-25-16-30(34)28-14-23-10-11-24(35-2)15-26(23)29(30,12-13-32(28)18-22-8-9-22)17-27(25)31-33(20)19-21-6-4-3-5-7-21/h10-11,15,21-22,28,34H,3-9,12-14,16-19H2,1-2H3/t28-,29-,30-/m1/s1. The number of hydrogen-bond acceptors (Lipinski definition) is 4. The number of benzene rings is 1. The number of fused-ring (bicyclic) bond motifs is 2. The second kappa shape index (κ2) is 8.08. The fraction of sp³-hybridized carbons (Fsp3) is 0.700. The number of ether oxygens (including phenoxy) is 1. The molecule has 188 valence electrons. The first kappa shape index (κ1) is 22.4. The molecule has 4 aliphatic carbocycles. The van der Waals surface area contributed by atoms with Crippen LogP contribution in [0, 0.1) is 18.8 Å². The van der Waals surface area contributed by atoms with Crippen molar-refractivity contribution < 1.29 is 9.84 Å². The summed E-state index contributed by atoms with van der Waals surface area (Å²) < 4.78 is 7.99. The van der Waals surface area contributed by atoms with Crippen LogP contribution in [0.2, 0.25) is 0 Å². The van der Waals surface area contributed by atoms with Gasteiger partial charge in [-0.3, -0.25) is 9.58 Å². The van der Waals surface area contributed by atoms with E-state index in [1.165, 1.54) is 73.0 Å². The van der Waals surface area contributed by atoms with Gasteiger partial charge in [0.1, 0.15) is 5.75 Å². The molecule has 3 fully saturated rings. The minimum absolute atomic E-state index is 0.187. The summed E-state index contributed by atoms with van der Waals surface area (Å²) in [7, 11) is 1.75. The van der Waals surface area contributed by atoms with Crippen molar-refractivity contribution in [1.29, 1.82) is 0 Å². The van der Waals surface area contributed by atoms with Crippen LogP contribution in [0.4, 0.5) is 0 Å². The van der Waals surface area contributed by atoms with Crippen molar-refractivity contribution in [1.82, 2.24) is 14.7 Å². The van der Waals surface area contributed by atoms with Gasteiger partial charge in [0.2, 0.25) is 0 Å². The molecule has 0 amide bonds. The van der Waals surface area contributed by atoms with Gasteiger partial charge < -0.3 is 9.84 Å². The van der Waals surface area contributed by atoms with E-state index in [9.17, 15) is 5.11 Å². The Bertz CT molecular complexity index is 1130. The smallest absolute Gasteiger partial charge is 0.119 e. The number of likely N-dealkylation sites (tertiary alicyclic amines) is 1. The van der Waals surface area contributed by atoms with Gasteiger partial charge in [0.15, 0.2) is 0 Å². The molecule has 1 aromatic heterocycles. The molecular formula is C30H41N3O2. The van der Waals surface area contributed by atoms with Crippen LogP contribution >= 0.6 is 0 Å². The molecule has 35 heavy (non-hydrogen) atoms. The molecule has 2 aromatic rings. The second-order valence-electron chi connectivity index (χ2n) is 12.5. The van der Waals surface area contributed by atoms with Gasteiger partial charge in [0, 0.05) is 43.1 Å². The van der Waals surface area contributed by atoms with E-state index in [-0.39, 0.29) is 11.5 Å². The fourth-order valence-corrected chi connectivity index (χ4v) is 8.35. The topological polar surface area (TPSA) is 50.5 Å². The van der Waals surface area contributed by atoms with Crippen molar-refractivity contribution in [3.8, 4) is 5.75 Å². The number of piperidine rings is 1. The minimum Gasteiger partial charge on any atom is -0.497 e. The fourth-order valence-electron chi connectivity index (χ4n) is 8.35. The molecule has 0 unspecified atom stereocenters. The van der Waals surface area contributed by atoms with E-state index >= 15 is 0 Å². The van der Waals surface area contributed by atoms with E-state index in [0.29, 0.717) is 0 Å². The van der Waals surface area contributed by atoms with Crippen molar-refractivity contribution in [3.63, 3.8) is 0 Å². The lowest BCUT2D eigenvalue weighted by atomic mass is 9.49. The largest absolute Gasteiger partial charge is 0.497 e. The van der Waals surface area contributed by atoms with Crippen LogP contribution in [-0.4, -0.2) is 51.6 Å². The average Bonchev–Trinajstić information content (AvgIpc) is 3.64. The van der Waals surface area contributed by atoms with Gasteiger partial charge >= 0.3 is 0 Å². The molecule has 5 nitrogen and oxygen atoms in total. The lowest BCUT2D eigenvalue weighted by Crippen LogP contribution is -2.74. The maximum atomic E-state index is 12.9. The maximum absolute atomic E-state index is 12.9. The summed E-state index contributed by atoms with van der Waals surface area (Å²) in [4.78, 5) is 2.66. The van der Waals surface area contributed by atoms with E-state index in [0.717, 1.165) is 62.9 Å². The molecule has 5 heteroatoms. The average molecular weight is 476 g/mol. The summed E-state index contributed by atoms with van der Waals surface area (Å²) in [6.07, 6.45) is 13.0. The minimum atomic E-state index is -0.754. The summed E-state index contributed by atoms with van der Waals surface area (Å²) >= 11 is 0. The van der Waals surface area contributed by atoms with Gasteiger partial charge in [-0.2, -0.15) is 5.10 Å². The van der Waals surface area contributed by atoms with Gasteiger partial charge in [-0.25, -0.2) is 0 Å². The third kappa shape index (κ3) is 3.37. The number of aliphatic hydroxyl groups is 1. The third-order valence-electron chi connectivity index (χ3n) is 10.6. The van der Waals surface area contributed by atoms with Gasteiger partial charge in [-0.05, 0) is 92.7 Å². The van der Waals surface area contributed by atoms with Crippen LogP contribution in [-0.2, 0) is 31.2 Å². The highest BCUT2D eigenvalue weighted by Gasteiger charge is 2.65. The van der Waals surface area contributed by atoms with Gasteiger partial charge in [-0.1, -0.05) is 25.3 Å². The zero-order valence-electron chi connectivity index (χ0n) is 21.6. The first-order chi connectivity index (χ1) is 17.0. The Hall–Kier alpha value is -1.85. The Morgan fingerprint density at radius 2 is 1.86 bits per heavy atom. The van der Waals surface area contributed by atoms with Crippen LogP contribution in [0.25, 0.3) is 0 Å². The molecule has 7 rings (SSSR count). The predicted molar refractivity (Wildman–Crippen MR) is 137 cm³/mol. The van der Waals surface area contributed by atoms with Crippen molar-refractivity contribution in [3.05, 3.63) is 46.3 Å². The van der Waals surface area contributed by atoms with Crippen molar-refractivity contribution >= 4 is 0 Å². The maximum Gasteiger partial charge on any atom is 0.119 e. The predicted octanol–water partition coefficient (Wildman–Crippen LogP) is 4.59. The first-order valence-electron chi connectivity index (χ1n) is 14.2. The second-order valence-corrected chi connectivity index (χ2v) is 12.5. The molecule has 1 N–H and O–H groups in total. The number of methoxy groups -OCH3 is 1. The number of aromatic nitrogens is 2. The lowest BCUT2D eigenvalue weighted by Gasteiger charge is -2.63. The first-order valence-corrected chi connectivity index (χ1v) is 14.2. The van der Waals surface area contributed by atoms with E-state index in [1.807, 2.05) is 0 Å². The quantitative estimate of drug-likeness (QED) is 0.687. The summed E-state index contributed by atoms with van der Waals surface area (Å²) in [5.41, 5.74) is 5.59. The molecule has 1 saturated heterocycles. The SMILES string of the molecule is COc1ccc2c(c1)[C@]13CCN(CC4CC4)[C@H](C2)[C@]1(O)Cc1c(nn(CC2CCCCC2)c1C)C3. The van der Waals surface area contributed by atoms with Crippen LogP contribution in [0.3, 0.4) is 0 Å². The number of nitrogens with zero attached hydrogens (tertiary/aromatic N) is 3. The Morgan fingerprint density at radius 3 is 2.63 bits per heavy atom. The van der Waals surface area contributed by atoms with Crippen LogP contribution in [0.1, 0.15) is 79.4 Å². The highest BCUT2D eigenvalue weighted by molar-refractivity contribution is 5.52. The number of hydrogen-bond donors (Lipinski definition) is 1. The Morgan fingerprint density at radius 1 is 1.06 bits per heavy atom. The van der Waals surface area contributed by atoms with E-state index < -0.39 is 5.60 Å².